The summed E-state index contributed by atoms with van der Waals surface area (Å²) in [5, 5.41) is 3.02. The number of ether oxygens (including phenoxy) is 2. The predicted molar refractivity (Wildman–Crippen MR) is 113 cm³/mol. The maximum Gasteiger partial charge on any atom is 0.319 e. The van der Waals surface area contributed by atoms with Crippen LogP contribution in [-0.4, -0.2) is 42.2 Å². The summed E-state index contributed by atoms with van der Waals surface area (Å²) in [5.41, 5.74) is 0.467. The van der Waals surface area contributed by atoms with Crippen molar-refractivity contribution in [3.63, 3.8) is 0 Å². The molecule has 1 aromatic rings. The molecule has 0 aromatic heterocycles. The van der Waals surface area contributed by atoms with Crippen LogP contribution in [-0.2, 0) is 20.5 Å². The van der Waals surface area contributed by atoms with Crippen LogP contribution in [0.25, 0.3) is 0 Å². The zero-order valence-electron chi connectivity index (χ0n) is 17.4. The van der Waals surface area contributed by atoms with Crippen LogP contribution in [0.3, 0.4) is 0 Å². The van der Waals surface area contributed by atoms with Gasteiger partial charge in [-0.25, -0.2) is 13.3 Å². The number of carbonyl (C=O) groups is 1. The molecular weight excluding hydrogens is 395 g/mol. The van der Waals surface area contributed by atoms with E-state index in [9.17, 15) is 13.4 Å². The molecule has 0 heterocycles. The van der Waals surface area contributed by atoms with Crippen LogP contribution in [0.4, 0.5) is 4.39 Å². The number of halogens is 1. The third-order valence-electron chi connectivity index (χ3n) is 4.70. The third-order valence-corrected chi connectivity index (χ3v) is 5.97. The fourth-order valence-electron chi connectivity index (χ4n) is 2.85. The second-order valence-electron chi connectivity index (χ2n) is 7.35. The van der Waals surface area contributed by atoms with Gasteiger partial charge in [-0.15, -0.1) is 0 Å². The zero-order valence-corrected chi connectivity index (χ0v) is 18.2. The summed E-state index contributed by atoms with van der Waals surface area (Å²) in [4.78, 5) is 11.2. The highest BCUT2D eigenvalue weighted by Crippen LogP contribution is 2.31. The molecule has 1 aliphatic rings. The minimum Gasteiger partial charge on any atom is -0.490 e. The van der Waals surface area contributed by atoms with Gasteiger partial charge in [0.05, 0.1) is 30.7 Å². The van der Waals surface area contributed by atoms with Crippen LogP contribution < -0.4 is 14.8 Å². The molecule has 0 spiro atoms. The van der Waals surface area contributed by atoms with Crippen molar-refractivity contribution in [3.8, 4) is 5.75 Å². The van der Waals surface area contributed by atoms with E-state index in [1.165, 1.54) is 0 Å². The standard InChI is InChI=1S/C21H33FN2O4S/c1-3-27-20(25)14-23-12-5-4-6-13-29(26)24-16(2)18-8-7-9-19(21(18)22)28-15-17-10-11-17/h7-9,16-17,23-24H,3-6,10-15H2,1-2H3/t16-,29?/m0/s1. The summed E-state index contributed by atoms with van der Waals surface area (Å²) in [5.74, 6) is 0.700. The maximum absolute atomic E-state index is 14.7. The Balaban J connectivity index is 1.63. The average molecular weight is 429 g/mol. The summed E-state index contributed by atoms with van der Waals surface area (Å²) in [6.07, 6.45) is 4.89. The van der Waals surface area contributed by atoms with Gasteiger partial charge in [-0.05, 0) is 58.1 Å². The van der Waals surface area contributed by atoms with Crippen molar-refractivity contribution in [2.75, 3.05) is 32.1 Å². The van der Waals surface area contributed by atoms with Crippen LogP contribution >= 0.6 is 0 Å². The van der Waals surface area contributed by atoms with Gasteiger partial charge in [0.15, 0.2) is 11.6 Å². The second kappa shape index (κ2) is 12.9. The Morgan fingerprint density at radius 1 is 1.31 bits per heavy atom. The molecule has 1 aliphatic carbocycles. The molecule has 0 radical (unpaired) electrons. The summed E-state index contributed by atoms with van der Waals surface area (Å²) in [7, 11) is -1.24. The highest BCUT2D eigenvalue weighted by molar-refractivity contribution is 7.83. The monoisotopic (exact) mass is 428 g/mol. The quantitative estimate of drug-likeness (QED) is 0.331. The van der Waals surface area contributed by atoms with Gasteiger partial charge in [0.25, 0.3) is 0 Å². The van der Waals surface area contributed by atoms with Gasteiger partial charge in [-0.3, -0.25) is 4.79 Å². The van der Waals surface area contributed by atoms with Crippen LogP contribution in [0, 0.1) is 11.7 Å². The van der Waals surface area contributed by atoms with Gasteiger partial charge < -0.3 is 14.8 Å². The van der Waals surface area contributed by atoms with E-state index in [0.717, 1.165) is 32.1 Å². The second-order valence-corrected chi connectivity index (χ2v) is 8.68. The molecule has 164 valence electrons. The minimum atomic E-state index is -1.24. The number of benzene rings is 1. The fraction of sp³-hybridized carbons (Fsp3) is 0.667. The SMILES string of the molecule is CCOC(=O)CNCCCCCS(=O)N[C@@H](C)c1cccc(OCC2CC2)c1F. The van der Waals surface area contributed by atoms with Gasteiger partial charge >= 0.3 is 5.97 Å². The van der Waals surface area contributed by atoms with E-state index in [1.54, 1.807) is 32.0 Å². The molecule has 8 heteroatoms. The van der Waals surface area contributed by atoms with E-state index in [1.807, 2.05) is 0 Å². The van der Waals surface area contributed by atoms with E-state index in [4.69, 9.17) is 9.47 Å². The van der Waals surface area contributed by atoms with Crippen molar-refractivity contribution in [1.29, 1.82) is 0 Å². The van der Waals surface area contributed by atoms with Crippen molar-refractivity contribution in [2.24, 2.45) is 5.92 Å². The first-order valence-corrected chi connectivity index (χ1v) is 11.7. The smallest absolute Gasteiger partial charge is 0.319 e. The first-order valence-electron chi connectivity index (χ1n) is 10.4. The lowest BCUT2D eigenvalue weighted by atomic mass is 10.1. The highest BCUT2D eigenvalue weighted by atomic mass is 32.2. The molecule has 6 nitrogen and oxygen atoms in total. The Bertz CT molecular complexity index is 670. The van der Waals surface area contributed by atoms with Crippen LogP contribution in [0.15, 0.2) is 18.2 Å². The highest BCUT2D eigenvalue weighted by Gasteiger charge is 2.23. The molecule has 1 saturated carbocycles. The maximum atomic E-state index is 14.7. The minimum absolute atomic E-state index is 0.216. The van der Waals surface area contributed by atoms with Gasteiger partial charge in [0.1, 0.15) is 0 Å². The van der Waals surface area contributed by atoms with Gasteiger partial charge in [-0.2, -0.15) is 0 Å². The lowest BCUT2D eigenvalue weighted by Gasteiger charge is -2.16. The first kappa shape index (κ1) is 23.8. The van der Waals surface area contributed by atoms with E-state index < -0.39 is 11.0 Å². The van der Waals surface area contributed by atoms with Crippen LogP contribution in [0.5, 0.6) is 5.75 Å². The Labute approximate surface area is 175 Å². The fourth-order valence-corrected chi connectivity index (χ4v) is 3.95. The molecule has 1 fully saturated rings. The van der Waals surface area contributed by atoms with Crippen molar-refractivity contribution >= 4 is 17.0 Å². The lowest BCUT2D eigenvalue weighted by Crippen LogP contribution is -2.26. The molecule has 0 bridgehead atoms. The van der Waals surface area contributed by atoms with E-state index in [0.29, 0.717) is 37.0 Å². The molecule has 1 aromatic carbocycles. The predicted octanol–water partition coefficient (Wildman–Crippen LogP) is 3.25. The number of nitrogens with one attached hydrogen (secondary N) is 2. The Kier molecular flexibility index (Phi) is 10.6. The number of hydrogen-bond donors (Lipinski definition) is 2. The number of rotatable bonds is 15. The Morgan fingerprint density at radius 3 is 2.83 bits per heavy atom. The van der Waals surface area contributed by atoms with Crippen molar-refractivity contribution in [1.82, 2.24) is 10.0 Å². The number of esters is 1. The Morgan fingerprint density at radius 2 is 2.10 bits per heavy atom. The van der Waals surface area contributed by atoms with E-state index >= 15 is 0 Å². The first-order chi connectivity index (χ1) is 14.0. The van der Waals surface area contributed by atoms with Crippen LogP contribution in [0.1, 0.15) is 57.6 Å². The number of hydrogen-bond acceptors (Lipinski definition) is 5. The summed E-state index contributed by atoms with van der Waals surface area (Å²) < 4.78 is 40.3. The summed E-state index contributed by atoms with van der Waals surface area (Å²) >= 11 is 0. The van der Waals surface area contributed by atoms with Gasteiger partial charge in [0, 0.05) is 17.4 Å². The molecule has 0 saturated heterocycles. The Hall–Kier alpha value is -1.51. The van der Waals surface area contributed by atoms with E-state index in [2.05, 4.69) is 10.0 Å². The number of carbonyl (C=O) groups excluding carboxylic acids is 1. The molecule has 29 heavy (non-hydrogen) atoms. The van der Waals surface area contributed by atoms with E-state index in [-0.39, 0.29) is 30.1 Å². The molecule has 0 amide bonds. The zero-order chi connectivity index (χ0) is 21.1. The normalized spacial score (nSPS) is 15.7. The van der Waals surface area contributed by atoms with Gasteiger partial charge in [0.2, 0.25) is 0 Å². The largest absolute Gasteiger partial charge is 0.490 e. The number of unbranched alkanes of at least 4 members (excludes halogenated alkanes) is 2. The molecule has 1 unspecified atom stereocenters. The summed E-state index contributed by atoms with van der Waals surface area (Å²) in [6.45, 7) is 5.46. The third kappa shape index (κ3) is 9.23. The average Bonchev–Trinajstić information content (AvgIpc) is 3.51. The topological polar surface area (TPSA) is 76.7 Å². The molecule has 0 aliphatic heterocycles. The van der Waals surface area contributed by atoms with Crippen molar-refractivity contribution in [3.05, 3.63) is 29.6 Å². The summed E-state index contributed by atoms with van der Waals surface area (Å²) in [6, 6.07) is 4.74. The molecular formula is C21H33FN2O4S. The lowest BCUT2D eigenvalue weighted by molar-refractivity contribution is -0.141. The molecule has 2 rings (SSSR count). The van der Waals surface area contributed by atoms with Crippen molar-refractivity contribution in [2.45, 2.75) is 52.0 Å². The van der Waals surface area contributed by atoms with Gasteiger partial charge in [-0.1, -0.05) is 18.6 Å². The molecule has 2 N–H and O–H groups in total. The van der Waals surface area contributed by atoms with Crippen molar-refractivity contribution < 1.29 is 22.9 Å². The van der Waals surface area contributed by atoms with Crippen LogP contribution in [0.2, 0.25) is 0 Å². The molecule has 2 atom stereocenters.